The van der Waals surface area contributed by atoms with Crippen molar-refractivity contribution in [1.29, 1.82) is 0 Å². The summed E-state index contributed by atoms with van der Waals surface area (Å²) in [5.41, 5.74) is 0.626. The maximum atomic E-state index is 11.4. The predicted octanol–water partition coefficient (Wildman–Crippen LogP) is 2.74. The SMILES string of the molecule is CCCN(CC(=O)OC)Cc1ccc(Br)cc1[N+](=O)[O-]. The maximum Gasteiger partial charge on any atom is 0.319 e. The molecule has 0 radical (unpaired) electrons. The molecular formula is C13H17BrN2O4. The zero-order valence-corrected chi connectivity index (χ0v) is 13.1. The Morgan fingerprint density at radius 2 is 2.20 bits per heavy atom. The van der Waals surface area contributed by atoms with Gasteiger partial charge in [-0.3, -0.25) is 19.8 Å². The van der Waals surface area contributed by atoms with Crippen LogP contribution in [0.2, 0.25) is 0 Å². The fourth-order valence-corrected chi connectivity index (χ4v) is 2.21. The van der Waals surface area contributed by atoms with Gasteiger partial charge in [0.1, 0.15) is 0 Å². The second-order valence-corrected chi connectivity index (χ2v) is 5.23. The van der Waals surface area contributed by atoms with Crippen LogP contribution in [0.4, 0.5) is 5.69 Å². The summed E-state index contributed by atoms with van der Waals surface area (Å²) in [5, 5.41) is 11.1. The van der Waals surface area contributed by atoms with Crippen LogP contribution in [-0.2, 0) is 16.1 Å². The standard InChI is InChI=1S/C13H17BrN2O4/c1-3-6-15(9-13(17)20-2)8-10-4-5-11(14)7-12(10)16(18)19/h4-5,7H,3,6,8-9H2,1-2H3. The molecule has 1 rings (SSSR count). The molecule has 0 aliphatic carbocycles. The highest BCUT2D eigenvalue weighted by Gasteiger charge is 2.18. The first kappa shape index (κ1) is 16.6. The van der Waals surface area contributed by atoms with Crippen LogP contribution in [0.15, 0.2) is 22.7 Å². The number of esters is 1. The predicted molar refractivity (Wildman–Crippen MR) is 78.4 cm³/mol. The Morgan fingerprint density at radius 1 is 1.50 bits per heavy atom. The Hall–Kier alpha value is -1.47. The zero-order chi connectivity index (χ0) is 15.1. The molecule has 0 N–H and O–H groups in total. The number of nitro benzene ring substituents is 1. The number of carbonyl (C=O) groups excluding carboxylic acids is 1. The van der Waals surface area contributed by atoms with E-state index >= 15 is 0 Å². The summed E-state index contributed by atoms with van der Waals surface area (Å²) in [6.07, 6.45) is 0.849. The number of nitro groups is 1. The van der Waals surface area contributed by atoms with Crippen molar-refractivity contribution in [1.82, 2.24) is 4.90 Å². The van der Waals surface area contributed by atoms with Crippen LogP contribution in [0.5, 0.6) is 0 Å². The van der Waals surface area contributed by atoms with Gasteiger partial charge in [0.2, 0.25) is 0 Å². The van der Waals surface area contributed by atoms with Gasteiger partial charge in [-0.1, -0.05) is 22.9 Å². The number of hydrogen-bond donors (Lipinski definition) is 0. The monoisotopic (exact) mass is 344 g/mol. The van der Waals surface area contributed by atoms with Gasteiger partial charge in [0.05, 0.1) is 18.6 Å². The number of halogens is 1. The molecule has 0 aliphatic rings. The van der Waals surface area contributed by atoms with Crippen molar-refractivity contribution in [2.45, 2.75) is 19.9 Å². The number of benzene rings is 1. The smallest absolute Gasteiger partial charge is 0.319 e. The third kappa shape index (κ3) is 4.90. The molecule has 20 heavy (non-hydrogen) atoms. The lowest BCUT2D eigenvalue weighted by Gasteiger charge is -2.20. The summed E-state index contributed by atoms with van der Waals surface area (Å²) in [7, 11) is 1.33. The van der Waals surface area contributed by atoms with E-state index in [1.54, 1.807) is 12.1 Å². The quantitative estimate of drug-likeness (QED) is 0.432. The van der Waals surface area contributed by atoms with Gasteiger partial charge in [-0.2, -0.15) is 0 Å². The second-order valence-electron chi connectivity index (χ2n) is 4.32. The van der Waals surface area contributed by atoms with Crippen LogP contribution >= 0.6 is 15.9 Å². The van der Waals surface area contributed by atoms with Crippen LogP contribution in [0, 0.1) is 10.1 Å². The molecule has 0 aromatic heterocycles. The largest absolute Gasteiger partial charge is 0.468 e. The van der Waals surface area contributed by atoms with Gasteiger partial charge >= 0.3 is 5.97 Å². The average molecular weight is 345 g/mol. The van der Waals surface area contributed by atoms with E-state index in [1.165, 1.54) is 13.2 Å². The number of rotatable bonds is 7. The van der Waals surface area contributed by atoms with Crippen LogP contribution in [0.3, 0.4) is 0 Å². The van der Waals surface area contributed by atoms with E-state index in [9.17, 15) is 14.9 Å². The average Bonchev–Trinajstić information content (AvgIpc) is 2.40. The van der Waals surface area contributed by atoms with Crippen molar-refractivity contribution in [2.24, 2.45) is 0 Å². The van der Waals surface area contributed by atoms with E-state index in [4.69, 9.17) is 0 Å². The number of ether oxygens (including phenoxy) is 1. The Morgan fingerprint density at radius 3 is 2.75 bits per heavy atom. The minimum Gasteiger partial charge on any atom is -0.468 e. The van der Waals surface area contributed by atoms with Crippen molar-refractivity contribution in [2.75, 3.05) is 20.2 Å². The van der Waals surface area contributed by atoms with Gasteiger partial charge in [0.25, 0.3) is 5.69 Å². The lowest BCUT2D eigenvalue weighted by Crippen LogP contribution is -2.31. The summed E-state index contributed by atoms with van der Waals surface area (Å²) in [6.45, 7) is 3.12. The number of nitrogens with zero attached hydrogens (tertiary/aromatic N) is 2. The molecule has 7 heteroatoms. The third-order valence-electron chi connectivity index (χ3n) is 2.76. The van der Waals surface area contributed by atoms with Gasteiger partial charge in [0, 0.05) is 22.6 Å². The second kappa shape index (κ2) is 7.96. The first-order valence-corrected chi connectivity index (χ1v) is 6.99. The summed E-state index contributed by atoms with van der Waals surface area (Å²) in [5.74, 6) is -0.349. The Kier molecular flexibility index (Phi) is 6.60. The van der Waals surface area contributed by atoms with Crippen LogP contribution in [0.25, 0.3) is 0 Å². The van der Waals surface area contributed by atoms with E-state index < -0.39 is 4.92 Å². The minimum absolute atomic E-state index is 0.0466. The molecule has 1 aromatic rings. The van der Waals surface area contributed by atoms with Crippen molar-refractivity contribution in [3.05, 3.63) is 38.3 Å². The fourth-order valence-electron chi connectivity index (χ4n) is 1.86. The van der Waals surface area contributed by atoms with E-state index in [-0.39, 0.29) is 18.2 Å². The Balaban J connectivity index is 2.92. The highest BCUT2D eigenvalue weighted by molar-refractivity contribution is 9.10. The normalized spacial score (nSPS) is 10.6. The molecular weight excluding hydrogens is 328 g/mol. The van der Waals surface area contributed by atoms with Gasteiger partial charge in [-0.15, -0.1) is 0 Å². The van der Waals surface area contributed by atoms with Gasteiger partial charge < -0.3 is 4.74 Å². The topological polar surface area (TPSA) is 72.7 Å². The number of methoxy groups -OCH3 is 1. The van der Waals surface area contributed by atoms with Gasteiger partial charge in [-0.05, 0) is 25.1 Å². The number of hydrogen-bond acceptors (Lipinski definition) is 5. The molecule has 0 saturated heterocycles. The first-order valence-electron chi connectivity index (χ1n) is 6.20. The molecule has 0 atom stereocenters. The minimum atomic E-state index is -0.414. The summed E-state index contributed by atoms with van der Waals surface area (Å²) < 4.78 is 5.30. The van der Waals surface area contributed by atoms with Crippen LogP contribution < -0.4 is 0 Å². The molecule has 1 aromatic carbocycles. The van der Waals surface area contributed by atoms with E-state index in [1.807, 2.05) is 11.8 Å². The lowest BCUT2D eigenvalue weighted by molar-refractivity contribution is -0.385. The molecule has 0 bridgehead atoms. The van der Waals surface area contributed by atoms with Gasteiger partial charge in [-0.25, -0.2) is 0 Å². The Labute approximate surface area is 126 Å². The molecule has 0 fully saturated rings. The van der Waals surface area contributed by atoms with Gasteiger partial charge in [0.15, 0.2) is 0 Å². The first-order chi connectivity index (χ1) is 9.47. The molecule has 110 valence electrons. The fraction of sp³-hybridized carbons (Fsp3) is 0.462. The molecule has 0 heterocycles. The molecule has 0 spiro atoms. The highest BCUT2D eigenvalue weighted by Crippen LogP contribution is 2.24. The molecule has 0 saturated carbocycles. The Bertz CT molecular complexity index is 493. The van der Waals surface area contributed by atoms with Crippen molar-refractivity contribution >= 4 is 27.6 Å². The molecule has 0 amide bonds. The van der Waals surface area contributed by atoms with E-state index in [0.29, 0.717) is 23.1 Å². The summed E-state index contributed by atoms with van der Waals surface area (Å²) in [4.78, 5) is 23.8. The van der Waals surface area contributed by atoms with Crippen LogP contribution in [0.1, 0.15) is 18.9 Å². The van der Waals surface area contributed by atoms with E-state index in [2.05, 4.69) is 20.7 Å². The third-order valence-corrected chi connectivity index (χ3v) is 3.25. The zero-order valence-electron chi connectivity index (χ0n) is 11.5. The molecule has 6 nitrogen and oxygen atoms in total. The van der Waals surface area contributed by atoms with Crippen LogP contribution in [-0.4, -0.2) is 36.0 Å². The summed E-state index contributed by atoms with van der Waals surface area (Å²) in [6, 6.07) is 4.92. The molecule has 0 unspecified atom stereocenters. The maximum absolute atomic E-state index is 11.4. The van der Waals surface area contributed by atoms with Crippen molar-refractivity contribution in [3.8, 4) is 0 Å². The van der Waals surface area contributed by atoms with Crippen molar-refractivity contribution < 1.29 is 14.5 Å². The van der Waals surface area contributed by atoms with Crippen molar-refractivity contribution in [3.63, 3.8) is 0 Å². The molecule has 0 aliphatic heterocycles. The van der Waals surface area contributed by atoms with E-state index in [0.717, 1.165) is 6.42 Å². The lowest BCUT2D eigenvalue weighted by atomic mass is 10.1. The summed E-state index contributed by atoms with van der Waals surface area (Å²) >= 11 is 3.22. The highest BCUT2D eigenvalue weighted by atomic mass is 79.9. The number of carbonyl (C=O) groups is 1.